The van der Waals surface area contributed by atoms with Gasteiger partial charge in [0.1, 0.15) is 23.7 Å². The highest BCUT2D eigenvalue weighted by Gasteiger charge is 2.40. The molecule has 3 heterocycles. The first-order valence-electron chi connectivity index (χ1n) is 8.12. The summed E-state index contributed by atoms with van der Waals surface area (Å²) < 4.78 is 13.1. The largest absolute Gasteiger partial charge is 0.490 e. The van der Waals surface area contributed by atoms with Crippen molar-refractivity contribution in [3.05, 3.63) is 21.2 Å². The molecule has 5 nitrogen and oxygen atoms in total. The van der Waals surface area contributed by atoms with E-state index in [0.29, 0.717) is 13.0 Å². The van der Waals surface area contributed by atoms with E-state index in [4.69, 9.17) is 9.47 Å². The summed E-state index contributed by atoms with van der Waals surface area (Å²) in [6.07, 6.45) is 2.56. The number of nitrogens with one attached hydrogen (secondary N) is 1. The fraction of sp³-hybridized carbons (Fsp3) is 0.588. The first kappa shape index (κ1) is 15.3. The minimum absolute atomic E-state index is 0.0194. The third-order valence-electron chi connectivity index (χ3n) is 5.03. The fourth-order valence-electron chi connectivity index (χ4n) is 4.01. The lowest BCUT2D eigenvalue weighted by atomic mass is 9.91. The number of halogens is 1. The second-order valence-corrected chi connectivity index (χ2v) is 7.63. The molecule has 4 atom stereocenters. The van der Waals surface area contributed by atoms with Crippen LogP contribution in [0.25, 0.3) is 0 Å². The van der Waals surface area contributed by atoms with Crippen LogP contribution in [0.1, 0.15) is 43.0 Å². The zero-order valence-electron chi connectivity index (χ0n) is 13.2. The Morgan fingerprint density at radius 3 is 2.48 bits per heavy atom. The minimum atomic E-state index is -0.732. The number of aliphatic carboxylic acids is 1. The van der Waals surface area contributed by atoms with Gasteiger partial charge in [-0.05, 0) is 36.2 Å². The summed E-state index contributed by atoms with van der Waals surface area (Å²) in [6, 6.07) is 0.0194. The monoisotopic (exact) mass is 381 g/mol. The third kappa shape index (κ3) is 2.34. The van der Waals surface area contributed by atoms with Gasteiger partial charge in [0.25, 0.3) is 0 Å². The van der Waals surface area contributed by atoms with Crippen LogP contribution in [0.15, 0.2) is 4.47 Å². The first-order chi connectivity index (χ1) is 11.0. The van der Waals surface area contributed by atoms with Gasteiger partial charge in [-0.2, -0.15) is 0 Å². The Balaban J connectivity index is 1.82. The SMILES string of the molecule is CC1Cc2c(c(Br)c3c(c2C2CC(C(=O)O)CN2)OC(C)C3)O1. The second-order valence-electron chi connectivity index (χ2n) is 6.84. The molecule has 1 saturated heterocycles. The molecule has 3 aliphatic rings. The standard InChI is InChI=1S/C17H20BrNO4/c1-7-3-10-13(12-5-9(6-19-12)17(20)21)15-11(4-8(2)22-15)14(18)16(10)23-7/h7-9,12,19H,3-6H2,1-2H3,(H,20,21). The third-order valence-corrected chi connectivity index (χ3v) is 5.87. The molecule has 6 heteroatoms. The van der Waals surface area contributed by atoms with Crippen molar-refractivity contribution in [1.29, 1.82) is 0 Å². The number of carboxylic acids is 1. The Hall–Kier alpha value is -1.27. The number of hydrogen-bond donors (Lipinski definition) is 2. The molecule has 23 heavy (non-hydrogen) atoms. The van der Waals surface area contributed by atoms with Crippen LogP contribution < -0.4 is 14.8 Å². The maximum absolute atomic E-state index is 11.3. The molecule has 0 amide bonds. The maximum Gasteiger partial charge on any atom is 0.307 e. The summed E-state index contributed by atoms with van der Waals surface area (Å²) in [5.74, 6) is 0.784. The van der Waals surface area contributed by atoms with Gasteiger partial charge in [0, 0.05) is 42.1 Å². The summed E-state index contributed by atoms with van der Waals surface area (Å²) in [5, 5.41) is 12.7. The number of ether oxygens (including phenoxy) is 2. The van der Waals surface area contributed by atoms with Gasteiger partial charge in [-0.1, -0.05) is 0 Å². The molecule has 0 aromatic heterocycles. The maximum atomic E-state index is 11.3. The van der Waals surface area contributed by atoms with Gasteiger partial charge in [-0.25, -0.2) is 0 Å². The Bertz CT molecular complexity index is 651. The topological polar surface area (TPSA) is 67.8 Å². The molecule has 1 aromatic rings. The highest BCUT2D eigenvalue weighted by atomic mass is 79.9. The molecule has 4 unspecified atom stereocenters. The molecule has 124 valence electrons. The Morgan fingerprint density at radius 1 is 1.17 bits per heavy atom. The molecule has 4 rings (SSSR count). The van der Waals surface area contributed by atoms with Crippen LogP contribution in [0, 0.1) is 5.92 Å². The average molecular weight is 382 g/mol. The number of carboxylic acid groups (broad SMARTS) is 1. The van der Waals surface area contributed by atoms with Crippen LogP contribution in [-0.4, -0.2) is 29.8 Å². The van der Waals surface area contributed by atoms with Crippen LogP contribution in [0.2, 0.25) is 0 Å². The zero-order chi connectivity index (χ0) is 16.3. The van der Waals surface area contributed by atoms with Crippen LogP contribution in [0.5, 0.6) is 11.5 Å². The predicted molar refractivity (Wildman–Crippen MR) is 88.2 cm³/mol. The molecule has 0 spiro atoms. The number of hydrogen-bond acceptors (Lipinski definition) is 4. The highest BCUT2D eigenvalue weighted by Crippen LogP contribution is 2.52. The van der Waals surface area contributed by atoms with Gasteiger partial charge >= 0.3 is 5.97 Å². The summed E-state index contributed by atoms with van der Waals surface area (Å²) in [7, 11) is 0. The lowest BCUT2D eigenvalue weighted by molar-refractivity contribution is -0.141. The molecule has 0 aliphatic carbocycles. The molecule has 3 aliphatic heterocycles. The Morgan fingerprint density at radius 2 is 1.83 bits per heavy atom. The van der Waals surface area contributed by atoms with Gasteiger partial charge in [0.15, 0.2) is 0 Å². The average Bonchev–Trinajstić information content (AvgIpc) is 3.17. The molecule has 0 radical (unpaired) electrons. The Labute approximate surface area is 143 Å². The Kier molecular flexibility index (Phi) is 3.57. The second kappa shape index (κ2) is 5.38. The van der Waals surface area contributed by atoms with Crippen molar-refractivity contribution in [2.45, 2.75) is 51.4 Å². The van der Waals surface area contributed by atoms with Crippen LogP contribution in [-0.2, 0) is 17.6 Å². The van der Waals surface area contributed by atoms with E-state index in [9.17, 15) is 9.90 Å². The van der Waals surface area contributed by atoms with E-state index in [-0.39, 0.29) is 24.2 Å². The normalized spacial score (nSPS) is 31.4. The van der Waals surface area contributed by atoms with E-state index in [2.05, 4.69) is 35.1 Å². The summed E-state index contributed by atoms with van der Waals surface area (Å²) in [4.78, 5) is 11.3. The van der Waals surface area contributed by atoms with Crippen molar-refractivity contribution in [2.75, 3.05) is 6.54 Å². The van der Waals surface area contributed by atoms with E-state index < -0.39 is 5.97 Å². The van der Waals surface area contributed by atoms with Gasteiger partial charge in [-0.3, -0.25) is 4.79 Å². The number of carbonyl (C=O) groups is 1. The van der Waals surface area contributed by atoms with Crippen molar-refractivity contribution < 1.29 is 19.4 Å². The van der Waals surface area contributed by atoms with Crippen LogP contribution in [0.4, 0.5) is 0 Å². The number of fused-ring (bicyclic) bond motifs is 2. The summed E-state index contributed by atoms with van der Waals surface area (Å²) in [5.41, 5.74) is 3.44. The predicted octanol–water partition coefficient (Wildman–Crippen LogP) is 2.83. The molecular weight excluding hydrogens is 362 g/mol. The van der Waals surface area contributed by atoms with Crippen molar-refractivity contribution in [3.63, 3.8) is 0 Å². The van der Waals surface area contributed by atoms with Crippen molar-refractivity contribution >= 4 is 21.9 Å². The molecule has 0 saturated carbocycles. The van der Waals surface area contributed by atoms with Crippen molar-refractivity contribution in [3.8, 4) is 11.5 Å². The lowest BCUT2D eigenvalue weighted by Gasteiger charge is -2.20. The van der Waals surface area contributed by atoms with Crippen molar-refractivity contribution in [1.82, 2.24) is 5.32 Å². The zero-order valence-corrected chi connectivity index (χ0v) is 14.8. The number of rotatable bonds is 2. The van der Waals surface area contributed by atoms with Crippen LogP contribution >= 0.6 is 15.9 Å². The van der Waals surface area contributed by atoms with E-state index >= 15 is 0 Å². The molecule has 0 bridgehead atoms. The van der Waals surface area contributed by atoms with Gasteiger partial charge in [0.05, 0.1) is 10.4 Å². The quantitative estimate of drug-likeness (QED) is 0.824. The van der Waals surface area contributed by atoms with E-state index in [1.165, 1.54) is 5.56 Å². The smallest absolute Gasteiger partial charge is 0.307 e. The molecule has 1 fully saturated rings. The van der Waals surface area contributed by atoms with Crippen LogP contribution in [0.3, 0.4) is 0 Å². The molecule has 1 aromatic carbocycles. The van der Waals surface area contributed by atoms with Crippen molar-refractivity contribution in [2.24, 2.45) is 5.92 Å². The summed E-state index contributed by atoms with van der Waals surface area (Å²) in [6.45, 7) is 4.63. The van der Waals surface area contributed by atoms with Gasteiger partial charge < -0.3 is 19.9 Å². The highest BCUT2D eigenvalue weighted by molar-refractivity contribution is 9.10. The minimum Gasteiger partial charge on any atom is -0.490 e. The first-order valence-corrected chi connectivity index (χ1v) is 8.91. The van der Waals surface area contributed by atoms with E-state index in [0.717, 1.165) is 39.9 Å². The van der Waals surface area contributed by atoms with E-state index in [1.54, 1.807) is 0 Å². The van der Waals surface area contributed by atoms with Gasteiger partial charge in [0.2, 0.25) is 0 Å². The number of benzene rings is 1. The molecular formula is C17H20BrNO4. The summed E-state index contributed by atoms with van der Waals surface area (Å²) >= 11 is 3.70. The van der Waals surface area contributed by atoms with Gasteiger partial charge in [-0.15, -0.1) is 0 Å². The van der Waals surface area contributed by atoms with E-state index in [1.807, 2.05) is 0 Å². The lowest BCUT2D eigenvalue weighted by Crippen LogP contribution is -2.18. The molecule has 2 N–H and O–H groups in total. The fourth-order valence-corrected chi connectivity index (χ4v) is 4.68.